The first kappa shape index (κ1) is 21.5. The van der Waals surface area contributed by atoms with Gasteiger partial charge in [0.2, 0.25) is 5.91 Å². The molecule has 2 atom stereocenters. The molecule has 1 amide bonds. The number of aromatic nitrogens is 3. The maximum Gasteiger partial charge on any atom is 0.291 e. The highest BCUT2D eigenvalue weighted by molar-refractivity contribution is 7.16. The van der Waals surface area contributed by atoms with Crippen LogP contribution in [0.3, 0.4) is 0 Å². The van der Waals surface area contributed by atoms with E-state index in [1.807, 2.05) is 40.7 Å². The highest BCUT2D eigenvalue weighted by Gasteiger charge is 2.57. The van der Waals surface area contributed by atoms with E-state index >= 15 is 0 Å². The van der Waals surface area contributed by atoms with Crippen molar-refractivity contribution >= 4 is 33.0 Å². The summed E-state index contributed by atoms with van der Waals surface area (Å²) in [6, 6.07) is 3.72. The van der Waals surface area contributed by atoms with Gasteiger partial charge in [-0.3, -0.25) is 14.0 Å². The predicted molar refractivity (Wildman–Crippen MR) is 120 cm³/mol. The van der Waals surface area contributed by atoms with Crippen molar-refractivity contribution < 1.29 is 13.6 Å². The lowest BCUT2D eigenvalue weighted by Crippen LogP contribution is -2.49. The minimum absolute atomic E-state index is 0.0345. The fourth-order valence-corrected chi connectivity index (χ4v) is 5.57. The van der Waals surface area contributed by atoms with Crippen molar-refractivity contribution in [3.63, 3.8) is 0 Å². The monoisotopic (exact) mass is 463 g/mol. The number of halogens is 2. The van der Waals surface area contributed by atoms with Crippen LogP contribution in [-0.4, -0.2) is 56.6 Å². The summed E-state index contributed by atoms with van der Waals surface area (Å²) in [5, 5.41) is 10.5. The number of hydrogen-bond donors (Lipinski definition) is 1. The average Bonchev–Trinajstić information content (AvgIpc) is 3.07. The minimum atomic E-state index is -2.52. The number of hydrogen-bond acceptors (Lipinski definition) is 5. The molecule has 1 saturated heterocycles. The Morgan fingerprint density at radius 1 is 1.41 bits per heavy atom. The van der Waals surface area contributed by atoms with E-state index in [2.05, 4.69) is 10.4 Å². The van der Waals surface area contributed by atoms with Crippen molar-refractivity contribution in [3.8, 4) is 0 Å². The van der Waals surface area contributed by atoms with Gasteiger partial charge < -0.3 is 10.2 Å². The second-order valence-corrected chi connectivity index (χ2v) is 10.2. The topological polar surface area (TPSA) is 71.6 Å². The number of nitrogens with zero attached hydrogens (tertiary/aromatic N) is 4. The molecule has 3 aromatic heterocycles. The normalized spacial score (nSPS) is 23.3. The van der Waals surface area contributed by atoms with Crippen LogP contribution in [0.1, 0.15) is 44.9 Å². The van der Waals surface area contributed by atoms with Gasteiger partial charge in [-0.15, -0.1) is 11.3 Å². The van der Waals surface area contributed by atoms with Gasteiger partial charge in [-0.25, -0.2) is 13.5 Å². The van der Waals surface area contributed by atoms with Crippen LogP contribution in [0.15, 0.2) is 22.3 Å². The van der Waals surface area contributed by atoms with Gasteiger partial charge in [0.1, 0.15) is 22.7 Å². The van der Waals surface area contributed by atoms with Crippen LogP contribution < -0.4 is 10.9 Å². The number of fused-ring (bicyclic) bond motifs is 3. The van der Waals surface area contributed by atoms with Crippen LogP contribution in [0.4, 0.5) is 8.78 Å². The Morgan fingerprint density at radius 2 is 2.19 bits per heavy atom. The maximum absolute atomic E-state index is 13.2. The first-order chi connectivity index (χ1) is 15.2. The van der Waals surface area contributed by atoms with E-state index in [1.165, 1.54) is 4.68 Å². The maximum atomic E-state index is 13.2. The second kappa shape index (κ2) is 7.91. The number of amides is 1. The smallest absolute Gasteiger partial charge is 0.291 e. The van der Waals surface area contributed by atoms with Gasteiger partial charge >= 0.3 is 0 Å². The number of thiophene rings is 1. The first-order valence-electron chi connectivity index (χ1n) is 11.1. The zero-order valence-corrected chi connectivity index (χ0v) is 19.0. The number of carbonyl (C=O) groups excluding carboxylic acids is 1. The molecule has 1 N–H and O–H groups in total. The Hall–Kier alpha value is -2.33. The van der Waals surface area contributed by atoms with E-state index in [4.69, 9.17) is 0 Å². The summed E-state index contributed by atoms with van der Waals surface area (Å²) in [5.41, 5.74) is 0.224. The number of carbonyl (C=O) groups is 1. The van der Waals surface area contributed by atoms with E-state index in [1.54, 1.807) is 11.3 Å². The zero-order valence-electron chi connectivity index (χ0n) is 18.2. The molecule has 5 rings (SSSR count). The van der Waals surface area contributed by atoms with Gasteiger partial charge in [0.25, 0.3) is 11.5 Å². The summed E-state index contributed by atoms with van der Waals surface area (Å²) in [6.45, 7) is 5.57. The van der Waals surface area contributed by atoms with Gasteiger partial charge in [0.05, 0.1) is 0 Å². The fraction of sp³-hybridized carbons (Fsp3) is 0.591. The third-order valence-corrected chi connectivity index (χ3v) is 7.34. The van der Waals surface area contributed by atoms with Crippen molar-refractivity contribution in [1.82, 2.24) is 24.4 Å². The molecule has 0 aromatic carbocycles. The summed E-state index contributed by atoms with van der Waals surface area (Å²) in [7, 11) is 0. The Balaban J connectivity index is 1.31. The van der Waals surface area contributed by atoms with Crippen molar-refractivity contribution in [2.75, 3.05) is 19.6 Å². The molecule has 1 aliphatic heterocycles. The molecule has 172 valence electrons. The molecule has 7 nitrogen and oxygen atoms in total. The van der Waals surface area contributed by atoms with Crippen molar-refractivity contribution in [2.45, 2.75) is 57.5 Å². The van der Waals surface area contributed by atoms with Gasteiger partial charge in [-0.1, -0.05) is 13.8 Å². The van der Waals surface area contributed by atoms with E-state index < -0.39 is 11.8 Å². The molecule has 0 bridgehead atoms. The fourth-order valence-electron chi connectivity index (χ4n) is 4.66. The third-order valence-electron chi connectivity index (χ3n) is 6.43. The van der Waals surface area contributed by atoms with Crippen molar-refractivity contribution in [3.05, 3.63) is 33.7 Å². The zero-order chi connectivity index (χ0) is 22.6. The summed E-state index contributed by atoms with van der Waals surface area (Å²) >= 11 is 1.56. The molecular weight excluding hydrogens is 436 g/mol. The Labute approximate surface area is 188 Å². The molecule has 32 heavy (non-hydrogen) atoms. The van der Waals surface area contributed by atoms with Crippen molar-refractivity contribution in [1.29, 1.82) is 0 Å². The van der Waals surface area contributed by atoms with Gasteiger partial charge in [0, 0.05) is 42.8 Å². The lowest BCUT2D eigenvalue weighted by Gasteiger charge is -2.33. The van der Waals surface area contributed by atoms with Crippen LogP contribution in [0.5, 0.6) is 0 Å². The van der Waals surface area contributed by atoms with E-state index in [0.29, 0.717) is 18.6 Å². The quantitative estimate of drug-likeness (QED) is 0.610. The van der Waals surface area contributed by atoms with E-state index in [0.717, 1.165) is 35.4 Å². The van der Waals surface area contributed by atoms with Crippen LogP contribution in [0, 0.1) is 5.92 Å². The Kier molecular flexibility index (Phi) is 5.32. The van der Waals surface area contributed by atoms with Crippen LogP contribution in [0.25, 0.3) is 15.7 Å². The van der Waals surface area contributed by atoms with E-state index in [-0.39, 0.29) is 36.4 Å². The molecule has 1 aliphatic carbocycles. The van der Waals surface area contributed by atoms with Crippen LogP contribution in [0.2, 0.25) is 0 Å². The van der Waals surface area contributed by atoms with Crippen LogP contribution in [-0.2, 0) is 11.3 Å². The highest BCUT2D eigenvalue weighted by atomic mass is 32.1. The van der Waals surface area contributed by atoms with E-state index in [9.17, 15) is 18.4 Å². The summed E-state index contributed by atoms with van der Waals surface area (Å²) in [4.78, 5) is 28.8. The SMILES string of the molecule is CC(C)c1nn(CC(=O)N[C@@H]2CCCN(CC3CC3(F)F)C2)c(=O)c2cc3ccsc3n12. The number of rotatable bonds is 6. The largest absolute Gasteiger partial charge is 0.350 e. The lowest BCUT2D eigenvalue weighted by molar-refractivity contribution is -0.123. The molecule has 0 radical (unpaired) electrons. The Morgan fingerprint density at radius 3 is 2.91 bits per heavy atom. The summed E-state index contributed by atoms with van der Waals surface area (Å²) in [6.07, 6.45) is 1.62. The molecule has 1 unspecified atom stereocenters. The van der Waals surface area contributed by atoms with Gasteiger partial charge in [0.15, 0.2) is 0 Å². The van der Waals surface area contributed by atoms with Gasteiger partial charge in [-0.05, 0) is 36.9 Å². The summed E-state index contributed by atoms with van der Waals surface area (Å²) < 4.78 is 29.6. The minimum Gasteiger partial charge on any atom is -0.350 e. The molecule has 2 aliphatic rings. The second-order valence-electron chi connectivity index (χ2n) is 9.35. The molecule has 0 spiro atoms. The number of piperidine rings is 1. The first-order valence-corrected chi connectivity index (χ1v) is 12.0. The predicted octanol–water partition coefficient (Wildman–Crippen LogP) is 3.07. The molecule has 2 fully saturated rings. The molecule has 1 saturated carbocycles. The van der Waals surface area contributed by atoms with Crippen LogP contribution >= 0.6 is 11.3 Å². The molecule has 3 aromatic rings. The lowest BCUT2D eigenvalue weighted by atomic mass is 10.1. The average molecular weight is 464 g/mol. The standard InChI is InChI=1S/C22H27F2N5O2S/c1-13(2)19-26-28(20(31)17-8-14-5-7-32-21(14)29(17)19)12-18(30)25-16-4-3-6-27(11-16)10-15-9-22(15,23)24/h5,7-8,13,15-16H,3-4,6,9-12H2,1-2H3,(H,25,30)/t15?,16-/m1/s1. The number of likely N-dealkylation sites (tertiary alicyclic amines) is 1. The highest BCUT2D eigenvalue weighted by Crippen LogP contribution is 2.49. The van der Waals surface area contributed by atoms with Crippen molar-refractivity contribution in [2.24, 2.45) is 5.92 Å². The molecule has 10 heteroatoms. The molecular formula is C22H27F2N5O2S. The number of alkyl halides is 2. The Bertz CT molecular complexity index is 1230. The van der Waals surface area contributed by atoms with Gasteiger partial charge in [-0.2, -0.15) is 5.10 Å². The summed E-state index contributed by atoms with van der Waals surface area (Å²) in [5.74, 6) is -2.56. The molecule has 4 heterocycles. The number of nitrogens with one attached hydrogen (secondary N) is 1. The third kappa shape index (κ3) is 3.94.